The Morgan fingerprint density at radius 2 is 1.21 bits per heavy atom. The van der Waals surface area contributed by atoms with Gasteiger partial charge < -0.3 is 5.11 Å². The highest BCUT2D eigenvalue weighted by Crippen LogP contribution is 2.18. The number of rotatable bonds is 14. The molecule has 0 saturated carbocycles. The third kappa shape index (κ3) is 14.2. The second kappa shape index (κ2) is 14.4. The Morgan fingerprint density at radius 3 is 1.79 bits per heavy atom. The standard InChI is InChI=1S/C18H38O/c1-4-6-8-9-10-11-12-13-15-18(19)16-17(3)14-7-5-2/h17-19H,4-16H2,1-3H3. The molecule has 0 heterocycles. The van der Waals surface area contributed by atoms with Crippen molar-refractivity contribution < 1.29 is 5.11 Å². The molecule has 2 unspecified atom stereocenters. The van der Waals surface area contributed by atoms with E-state index in [4.69, 9.17) is 0 Å². The minimum atomic E-state index is -0.0491. The average Bonchev–Trinajstić information content (AvgIpc) is 2.39. The summed E-state index contributed by atoms with van der Waals surface area (Å²) in [6.45, 7) is 6.79. The van der Waals surface area contributed by atoms with Gasteiger partial charge in [-0.2, -0.15) is 0 Å². The average molecular weight is 271 g/mol. The van der Waals surface area contributed by atoms with Gasteiger partial charge in [-0.15, -0.1) is 0 Å². The van der Waals surface area contributed by atoms with Crippen molar-refractivity contribution in [3.63, 3.8) is 0 Å². The monoisotopic (exact) mass is 270 g/mol. The maximum atomic E-state index is 9.99. The van der Waals surface area contributed by atoms with E-state index in [1.807, 2.05) is 0 Å². The first-order chi connectivity index (χ1) is 9.20. The Bertz CT molecular complexity index is 167. The lowest BCUT2D eigenvalue weighted by Gasteiger charge is -2.16. The summed E-state index contributed by atoms with van der Waals surface area (Å²) in [5.74, 6) is 0.698. The molecule has 0 aromatic heterocycles. The van der Waals surface area contributed by atoms with E-state index < -0.39 is 0 Å². The SMILES string of the molecule is CCCCCCCCCCC(O)CC(C)CCCC. The van der Waals surface area contributed by atoms with Gasteiger partial charge in [0.15, 0.2) is 0 Å². The molecule has 0 aliphatic carbocycles. The van der Waals surface area contributed by atoms with E-state index in [0.29, 0.717) is 5.92 Å². The Hall–Kier alpha value is -0.0400. The summed E-state index contributed by atoms with van der Waals surface area (Å²) in [6, 6.07) is 0. The van der Waals surface area contributed by atoms with Crippen LogP contribution in [-0.2, 0) is 0 Å². The predicted molar refractivity (Wildman–Crippen MR) is 86.5 cm³/mol. The van der Waals surface area contributed by atoms with E-state index >= 15 is 0 Å². The highest BCUT2D eigenvalue weighted by molar-refractivity contribution is 4.62. The van der Waals surface area contributed by atoms with Gasteiger partial charge in [-0.05, 0) is 18.8 Å². The molecule has 0 bridgehead atoms. The van der Waals surface area contributed by atoms with Crippen molar-refractivity contribution in [2.24, 2.45) is 5.92 Å². The third-order valence-corrected chi connectivity index (χ3v) is 4.12. The van der Waals surface area contributed by atoms with Gasteiger partial charge in [0.25, 0.3) is 0 Å². The van der Waals surface area contributed by atoms with Crippen molar-refractivity contribution in [3.05, 3.63) is 0 Å². The molecule has 2 atom stereocenters. The molecule has 0 radical (unpaired) electrons. The van der Waals surface area contributed by atoms with Crippen molar-refractivity contribution in [2.45, 2.75) is 110 Å². The second-order valence-electron chi connectivity index (χ2n) is 6.40. The van der Waals surface area contributed by atoms with Crippen molar-refractivity contribution in [3.8, 4) is 0 Å². The highest BCUT2D eigenvalue weighted by Gasteiger charge is 2.09. The largest absolute Gasteiger partial charge is 0.393 e. The molecule has 0 fully saturated rings. The molecule has 0 amide bonds. The molecular weight excluding hydrogens is 232 g/mol. The molecule has 116 valence electrons. The molecule has 19 heavy (non-hydrogen) atoms. The minimum Gasteiger partial charge on any atom is -0.393 e. The summed E-state index contributed by atoms with van der Waals surface area (Å²) in [4.78, 5) is 0. The molecule has 0 aromatic carbocycles. The molecule has 0 rings (SSSR count). The van der Waals surface area contributed by atoms with Crippen molar-refractivity contribution in [1.82, 2.24) is 0 Å². The first kappa shape index (κ1) is 19.0. The van der Waals surface area contributed by atoms with Crippen LogP contribution in [-0.4, -0.2) is 11.2 Å². The Morgan fingerprint density at radius 1 is 0.684 bits per heavy atom. The zero-order valence-electron chi connectivity index (χ0n) is 13.8. The fourth-order valence-electron chi connectivity index (χ4n) is 2.77. The summed E-state index contributed by atoms with van der Waals surface area (Å²) >= 11 is 0. The van der Waals surface area contributed by atoms with Crippen LogP contribution < -0.4 is 0 Å². The van der Waals surface area contributed by atoms with Crippen LogP contribution in [0.1, 0.15) is 104 Å². The molecule has 1 heteroatoms. The summed E-state index contributed by atoms with van der Waals surface area (Å²) in [5.41, 5.74) is 0. The normalized spacial score (nSPS) is 14.5. The first-order valence-electron chi connectivity index (χ1n) is 8.88. The molecule has 1 N–H and O–H groups in total. The van der Waals surface area contributed by atoms with Crippen LogP contribution >= 0.6 is 0 Å². The van der Waals surface area contributed by atoms with Crippen LogP contribution in [0.4, 0.5) is 0 Å². The van der Waals surface area contributed by atoms with Crippen LogP contribution in [0.2, 0.25) is 0 Å². The molecule has 0 spiro atoms. The zero-order chi connectivity index (χ0) is 14.3. The quantitative estimate of drug-likeness (QED) is 0.378. The lowest BCUT2D eigenvalue weighted by molar-refractivity contribution is 0.130. The van der Waals surface area contributed by atoms with Crippen LogP contribution in [0, 0.1) is 5.92 Å². The van der Waals surface area contributed by atoms with Crippen LogP contribution in [0.3, 0.4) is 0 Å². The smallest absolute Gasteiger partial charge is 0.0542 e. The maximum Gasteiger partial charge on any atom is 0.0542 e. The number of unbranched alkanes of at least 4 members (excludes halogenated alkanes) is 8. The van der Waals surface area contributed by atoms with Gasteiger partial charge in [-0.3, -0.25) is 0 Å². The van der Waals surface area contributed by atoms with Crippen molar-refractivity contribution in [1.29, 1.82) is 0 Å². The van der Waals surface area contributed by atoms with Gasteiger partial charge in [0, 0.05) is 0 Å². The third-order valence-electron chi connectivity index (χ3n) is 4.12. The Balaban J connectivity index is 3.26. The number of aliphatic hydroxyl groups is 1. The van der Waals surface area contributed by atoms with Crippen molar-refractivity contribution >= 4 is 0 Å². The van der Waals surface area contributed by atoms with Gasteiger partial charge in [0.1, 0.15) is 0 Å². The van der Waals surface area contributed by atoms with Gasteiger partial charge in [0.05, 0.1) is 6.10 Å². The van der Waals surface area contributed by atoms with E-state index in [9.17, 15) is 5.11 Å². The molecular formula is C18H38O. The van der Waals surface area contributed by atoms with E-state index in [1.54, 1.807) is 0 Å². The zero-order valence-corrected chi connectivity index (χ0v) is 13.8. The van der Waals surface area contributed by atoms with Crippen LogP contribution in [0.25, 0.3) is 0 Å². The van der Waals surface area contributed by atoms with Gasteiger partial charge >= 0.3 is 0 Å². The molecule has 0 aliphatic heterocycles. The van der Waals surface area contributed by atoms with E-state index in [0.717, 1.165) is 12.8 Å². The second-order valence-corrected chi connectivity index (χ2v) is 6.40. The molecule has 0 saturated heterocycles. The predicted octanol–water partition coefficient (Wildman–Crippen LogP) is 6.09. The van der Waals surface area contributed by atoms with Gasteiger partial charge in [-0.1, -0.05) is 91.4 Å². The maximum absolute atomic E-state index is 9.99. The highest BCUT2D eigenvalue weighted by atomic mass is 16.3. The lowest BCUT2D eigenvalue weighted by Crippen LogP contribution is -2.11. The molecule has 1 nitrogen and oxygen atoms in total. The first-order valence-corrected chi connectivity index (χ1v) is 8.88. The van der Waals surface area contributed by atoms with E-state index in [1.165, 1.54) is 70.6 Å². The number of aliphatic hydroxyl groups excluding tert-OH is 1. The Labute approximate surface area is 122 Å². The van der Waals surface area contributed by atoms with E-state index in [-0.39, 0.29) is 6.10 Å². The van der Waals surface area contributed by atoms with Crippen LogP contribution in [0.5, 0.6) is 0 Å². The fraction of sp³-hybridized carbons (Fsp3) is 1.00. The summed E-state index contributed by atoms with van der Waals surface area (Å²) < 4.78 is 0. The summed E-state index contributed by atoms with van der Waals surface area (Å²) in [6.07, 6.45) is 16.7. The van der Waals surface area contributed by atoms with Gasteiger partial charge in [-0.25, -0.2) is 0 Å². The van der Waals surface area contributed by atoms with E-state index in [2.05, 4.69) is 20.8 Å². The lowest BCUT2D eigenvalue weighted by atomic mass is 9.95. The summed E-state index contributed by atoms with van der Waals surface area (Å²) in [7, 11) is 0. The molecule has 0 aromatic rings. The topological polar surface area (TPSA) is 20.2 Å². The van der Waals surface area contributed by atoms with Crippen molar-refractivity contribution in [2.75, 3.05) is 0 Å². The minimum absolute atomic E-state index is 0.0491. The fourth-order valence-corrected chi connectivity index (χ4v) is 2.77. The van der Waals surface area contributed by atoms with Crippen LogP contribution in [0.15, 0.2) is 0 Å². The molecule has 0 aliphatic rings. The summed E-state index contributed by atoms with van der Waals surface area (Å²) in [5, 5.41) is 9.99. The number of hydrogen-bond acceptors (Lipinski definition) is 1. The Kier molecular flexibility index (Phi) is 14.3. The number of hydrogen-bond donors (Lipinski definition) is 1. The van der Waals surface area contributed by atoms with Gasteiger partial charge in [0.2, 0.25) is 0 Å².